The molecule has 2 unspecified atom stereocenters. The van der Waals surface area contributed by atoms with Crippen LogP contribution in [0.3, 0.4) is 0 Å². The van der Waals surface area contributed by atoms with Crippen LogP contribution in [0.1, 0.15) is 37.9 Å². The Morgan fingerprint density at radius 2 is 1.58 bits per heavy atom. The summed E-state index contributed by atoms with van der Waals surface area (Å²) < 4.78 is 10.2. The van der Waals surface area contributed by atoms with Crippen LogP contribution in [0, 0.1) is 0 Å². The van der Waals surface area contributed by atoms with Crippen molar-refractivity contribution in [2.75, 3.05) is 7.11 Å². The summed E-state index contributed by atoms with van der Waals surface area (Å²) in [6.07, 6.45) is -0.894. The Balaban J connectivity index is 1.73. The summed E-state index contributed by atoms with van der Waals surface area (Å²) in [5.74, 6) is -2.22. The third-order valence-corrected chi connectivity index (χ3v) is 5.68. The Morgan fingerprint density at radius 1 is 0.909 bits per heavy atom. The molecular formula is C26H24O6S. The molecule has 0 bridgehead atoms. The predicted octanol–water partition coefficient (Wildman–Crippen LogP) is 4.27. The molecule has 7 heteroatoms. The van der Waals surface area contributed by atoms with Crippen LogP contribution < -0.4 is 0 Å². The van der Waals surface area contributed by atoms with E-state index in [4.69, 9.17) is 9.47 Å². The zero-order valence-corrected chi connectivity index (χ0v) is 18.9. The molecule has 33 heavy (non-hydrogen) atoms. The Bertz CT molecular complexity index is 1130. The summed E-state index contributed by atoms with van der Waals surface area (Å²) in [6, 6.07) is 23.0. The molecule has 0 saturated heterocycles. The number of carbonyl (C=O) groups is 3. The van der Waals surface area contributed by atoms with E-state index in [0.717, 1.165) is 11.1 Å². The minimum absolute atomic E-state index is 0.0583. The first kappa shape index (κ1) is 24.1. The Hall–Kier alpha value is -3.58. The zero-order valence-electron chi connectivity index (χ0n) is 18.0. The molecule has 6 nitrogen and oxygen atoms in total. The molecule has 0 spiro atoms. The first-order valence-corrected chi connectivity index (χ1v) is 10.8. The molecule has 0 aliphatic carbocycles. The van der Waals surface area contributed by atoms with E-state index in [0.29, 0.717) is 11.1 Å². The lowest BCUT2D eigenvalue weighted by molar-refractivity contribution is -0.165. The first-order chi connectivity index (χ1) is 15.9. The minimum Gasteiger partial charge on any atom is -0.478 e. The Kier molecular flexibility index (Phi) is 8.27. The van der Waals surface area contributed by atoms with Crippen LogP contribution in [0.4, 0.5) is 0 Å². The van der Waals surface area contributed by atoms with Crippen LogP contribution in [-0.4, -0.2) is 36.2 Å². The number of thiol groups is 1. The number of hydrogen-bond donors (Lipinski definition) is 2. The van der Waals surface area contributed by atoms with Crippen molar-refractivity contribution >= 4 is 30.5 Å². The summed E-state index contributed by atoms with van der Waals surface area (Å²) in [6.45, 7) is 0. The van der Waals surface area contributed by atoms with Crippen molar-refractivity contribution in [3.8, 4) is 0 Å². The van der Waals surface area contributed by atoms with E-state index in [1.807, 2.05) is 36.4 Å². The summed E-state index contributed by atoms with van der Waals surface area (Å²) in [5.41, 5.74) is 2.97. The van der Waals surface area contributed by atoms with Gasteiger partial charge in [0.15, 0.2) is 0 Å². The third-order valence-electron chi connectivity index (χ3n) is 5.10. The maximum atomic E-state index is 12.6. The number of carboxylic acid groups (broad SMARTS) is 1. The van der Waals surface area contributed by atoms with E-state index in [1.165, 1.54) is 13.2 Å². The van der Waals surface area contributed by atoms with E-state index in [9.17, 15) is 19.5 Å². The number of carboxylic acids is 1. The number of hydrogen-bond acceptors (Lipinski definition) is 6. The molecule has 0 saturated carbocycles. The average molecular weight is 465 g/mol. The molecule has 0 aliphatic rings. The Morgan fingerprint density at radius 3 is 2.27 bits per heavy atom. The van der Waals surface area contributed by atoms with Crippen molar-refractivity contribution in [3.05, 3.63) is 107 Å². The van der Waals surface area contributed by atoms with Gasteiger partial charge < -0.3 is 14.6 Å². The van der Waals surface area contributed by atoms with Crippen molar-refractivity contribution in [2.24, 2.45) is 0 Å². The summed E-state index contributed by atoms with van der Waals surface area (Å²) in [5, 5.41) is 8.97. The second-order valence-electron chi connectivity index (χ2n) is 7.41. The van der Waals surface area contributed by atoms with Gasteiger partial charge in [0.25, 0.3) is 0 Å². The number of benzene rings is 3. The van der Waals surface area contributed by atoms with E-state index >= 15 is 0 Å². The molecule has 0 radical (unpaired) electrons. The van der Waals surface area contributed by atoms with Gasteiger partial charge in [0, 0.05) is 6.42 Å². The highest BCUT2D eigenvalue weighted by Crippen LogP contribution is 2.31. The largest absolute Gasteiger partial charge is 0.478 e. The van der Waals surface area contributed by atoms with E-state index in [-0.39, 0.29) is 18.4 Å². The van der Waals surface area contributed by atoms with Gasteiger partial charge in [-0.1, -0.05) is 72.8 Å². The number of aromatic carboxylic acids is 1. The number of ether oxygens (including phenoxy) is 2. The van der Waals surface area contributed by atoms with Gasteiger partial charge in [0.1, 0.15) is 0 Å². The van der Waals surface area contributed by atoms with Crippen LogP contribution in [0.25, 0.3) is 0 Å². The lowest BCUT2D eigenvalue weighted by atomic mass is 9.97. The molecule has 0 amide bonds. The molecule has 170 valence electrons. The summed E-state index contributed by atoms with van der Waals surface area (Å²) in [7, 11) is 1.25. The molecule has 2 atom stereocenters. The number of rotatable bonds is 9. The van der Waals surface area contributed by atoms with Crippen molar-refractivity contribution in [1.29, 1.82) is 0 Å². The monoisotopic (exact) mass is 464 g/mol. The van der Waals surface area contributed by atoms with Crippen molar-refractivity contribution in [2.45, 2.75) is 24.2 Å². The quantitative estimate of drug-likeness (QED) is 0.363. The van der Waals surface area contributed by atoms with Gasteiger partial charge in [-0.05, 0) is 28.3 Å². The van der Waals surface area contributed by atoms with E-state index < -0.39 is 29.3 Å². The van der Waals surface area contributed by atoms with Gasteiger partial charge in [0.2, 0.25) is 6.10 Å². The van der Waals surface area contributed by atoms with Crippen molar-refractivity contribution in [1.82, 2.24) is 0 Å². The van der Waals surface area contributed by atoms with Crippen LogP contribution in [0.2, 0.25) is 0 Å². The average Bonchev–Trinajstić information content (AvgIpc) is 2.83. The minimum atomic E-state index is -1.05. The van der Waals surface area contributed by atoms with Crippen molar-refractivity contribution < 1.29 is 29.0 Å². The maximum Gasteiger partial charge on any atom is 0.347 e. The topological polar surface area (TPSA) is 89.9 Å². The normalized spacial score (nSPS) is 12.4. The standard InChI is InChI=1S/C26H24O6S/c1-31-26(30)22(15-17-8-3-2-4-9-17)32-23(27)16-18-10-7-11-19(14-18)24(33)20-12-5-6-13-21(20)25(28)29/h2-14,22,24,33H,15-16H2,1H3,(H,28,29). The molecule has 3 aromatic carbocycles. The lowest BCUT2D eigenvalue weighted by Gasteiger charge is -2.17. The summed E-state index contributed by atoms with van der Waals surface area (Å²) in [4.78, 5) is 36.3. The highest BCUT2D eigenvalue weighted by Gasteiger charge is 2.24. The molecule has 3 aromatic rings. The maximum absolute atomic E-state index is 12.6. The van der Waals surface area contributed by atoms with Crippen LogP contribution in [-0.2, 0) is 31.9 Å². The van der Waals surface area contributed by atoms with Crippen LogP contribution >= 0.6 is 12.6 Å². The molecule has 1 N–H and O–H groups in total. The van der Waals surface area contributed by atoms with Gasteiger partial charge in [-0.15, -0.1) is 0 Å². The molecule has 0 fully saturated rings. The van der Waals surface area contributed by atoms with Gasteiger partial charge in [0.05, 0.1) is 24.3 Å². The zero-order chi connectivity index (χ0) is 23.8. The highest BCUT2D eigenvalue weighted by atomic mass is 32.1. The fraction of sp³-hybridized carbons (Fsp3) is 0.192. The molecular weight excluding hydrogens is 440 g/mol. The van der Waals surface area contributed by atoms with Gasteiger partial charge >= 0.3 is 17.9 Å². The second-order valence-corrected chi connectivity index (χ2v) is 7.92. The Labute approximate surface area is 197 Å². The van der Waals surface area contributed by atoms with Gasteiger partial charge in [-0.3, -0.25) is 4.79 Å². The fourth-order valence-corrected chi connectivity index (χ4v) is 3.87. The number of esters is 2. The fourth-order valence-electron chi connectivity index (χ4n) is 3.48. The molecule has 0 aromatic heterocycles. The van der Waals surface area contributed by atoms with Crippen LogP contribution in [0.15, 0.2) is 78.9 Å². The molecule has 3 rings (SSSR count). The lowest BCUT2D eigenvalue weighted by Crippen LogP contribution is -2.31. The second kappa shape index (κ2) is 11.3. The van der Waals surface area contributed by atoms with Gasteiger partial charge in [-0.25, -0.2) is 9.59 Å². The third kappa shape index (κ3) is 6.46. The van der Waals surface area contributed by atoms with Crippen LogP contribution in [0.5, 0.6) is 0 Å². The SMILES string of the molecule is COC(=O)C(Cc1ccccc1)OC(=O)Cc1cccc(C(S)c2ccccc2C(=O)O)c1. The first-order valence-electron chi connectivity index (χ1n) is 10.3. The van der Waals surface area contributed by atoms with Crippen molar-refractivity contribution in [3.63, 3.8) is 0 Å². The smallest absolute Gasteiger partial charge is 0.347 e. The van der Waals surface area contributed by atoms with Gasteiger partial charge in [-0.2, -0.15) is 12.6 Å². The molecule has 0 aliphatic heterocycles. The summed E-state index contributed by atoms with van der Waals surface area (Å²) >= 11 is 4.62. The number of methoxy groups -OCH3 is 1. The molecule has 0 heterocycles. The predicted molar refractivity (Wildman–Crippen MR) is 126 cm³/mol. The van der Waals surface area contributed by atoms with E-state index in [1.54, 1.807) is 36.4 Å². The van der Waals surface area contributed by atoms with E-state index in [2.05, 4.69) is 12.6 Å². The number of carbonyl (C=O) groups excluding carboxylic acids is 2. The highest BCUT2D eigenvalue weighted by molar-refractivity contribution is 7.80.